The Labute approximate surface area is 114 Å². The molecule has 0 saturated heterocycles. The van der Waals surface area contributed by atoms with Gasteiger partial charge in [0, 0.05) is 0 Å². The van der Waals surface area contributed by atoms with E-state index in [2.05, 4.69) is 13.0 Å². The van der Waals surface area contributed by atoms with Crippen molar-refractivity contribution in [2.24, 2.45) is 0 Å². The summed E-state index contributed by atoms with van der Waals surface area (Å²) < 4.78 is 0. The zero-order valence-corrected chi connectivity index (χ0v) is 12.3. The fraction of sp³-hybridized carbons (Fsp3) is 0.882. The van der Waals surface area contributed by atoms with Crippen LogP contribution in [0.3, 0.4) is 0 Å². The summed E-state index contributed by atoms with van der Waals surface area (Å²) in [5.41, 5.74) is 1.51. The molecular formula is C17H32O. The standard InChI is InChI=1S/C17H32O/c1-2-3-4-5-6-7-11-14-17(18)15-16-12-9-8-10-13-16/h12,17-18H,2-11,13-15H2,1H3. The van der Waals surface area contributed by atoms with E-state index in [0.717, 1.165) is 12.8 Å². The first-order chi connectivity index (χ1) is 8.83. The van der Waals surface area contributed by atoms with Gasteiger partial charge in [0.2, 0.25) is 0 Å². The van der Waals surface area contributed by atoms with Crippen molar-refractivity contribution in [3.63, 3.8) is 0 Å². The zero-order chi connectivity index (χ0) is 13.1. The number of hydrogen-bond acceptors (Lipinski definition) is 1. The van der Waals surface area contributed by atoms with Crippen LogP contribution < -0.4 is 0 Å². The maximum absolute atomic E-state index is 10.0. The van der Waals surface area contributed by atoms with Gasteiger partial charge in [0.25, 0.3) is 0 Å². The van der Waals surface area contributed by atoms with Gasteiger partial charge in [0.15, 0.2) is 0 Å². The maximum atomic E-state index is 10.0. The third-order valence-electron chi connectivity index (χ3n) is 4.02. The van der Waals surface area contributed by atoms with Crippen molar-refractivity contribution in [3.05, 3.63) is 11.6 Å². The van der Waals surface area contributed by atoms with E-state index in [1.165, 1.54) is 76.2 Å². The molecule has 0 heterocycles. The molecule has 0 spiro atoms. The van der Waals surface area contributed by atoms with E-state index < -0.39 is 0 Å². The molecular weight excluding hydrogens is 220 g/mol. The molecule has 1 nitrogen and oxygen atoms in total. The second-order valence-corrected chi connectivity index (χ2v) is 5.88. The van der Waals surface area contributed by atoms with Crippen LogP contribution in [-0.4, -0.2) is 11.2 Å². The lowest BCUT2D eigenvalue weighted by Crippen LogP contribution is -2.09. The highest BCUT2D eigenvalue weighted by Gasteiger charge is 2.09. The van der Waals surface area contributed by atoms with Gasteiger partial charge < -0.3 is 5.11 Å². The average molecular weight is 252 g/mol. The van der Waals surface area contributed by atoms with Crippen LogP contribution in [0.2, 0.25) is 0 Å². The van der Waals surface area contributed by atoms with Crippen LogP contribution in [0.4, 0.5) is 0 Å². The molecule has 18 heavy (non-hydrogen) atoms. The van der Waals surface area contributed by atoms with Gasteiger partial charge >= 0.3 is 0 Å². The molecule has 106 valence electrons. The number of allylic oxidation sites excluding steroid dienone is 1. The predicted octanol–water partition coefficient (Wildman–Crippen LogP) is 5.38. The molecule has 0 fully saturated rings. The first-order valence-electron chi connectivity index (χ1n) is 8.19. The fourth-order valence-electron chi connectivity index (χ4n) is 2.83. The van der Waals surface area contributed by atoms with Crippen molar-refractivity contribution in [3.8, 4) is 0 Å². The van der Waals surface area contributed by atoms with Gasteiger partial charge in [-0.3, -0.25) is 0 Å². The average Bonchev–Trinajstić information content (AvgIpc) is 2.39. The van der Waals surface area contributed by atoms with Crippen molar-refractivity contribution in [2.75, 3.05) is 0 Å². The Hall–Kier alpha value is -0.300. The van der Waals surface area contributed by atoms with Crippen LogP contribution in [0.1, 0.15) is 90.4 Å². The molecule has 0 aromatic heterocycles. The second kappa shape index (κ2) is 10.6. The van der Waals surface area contributed by atoms with E-state index in [9.17, 15) is 5.11 Å². The monoisotopic (exact) mass is 252 g/mol. The molecule has 0 saturated carbocycles. The molecule has 0 aromatic rings. The molecule has 1 aliphatic carbocycles. The molecule has 0 aliphatic heterocycles. The minimum atomic E-state index is -0.0787. The van der Waals surface area contributed by atoms with Crippen LogP contribution in [0.15, 0.2) is 11.6 Å². The molecule has 0 amide bonds. The lowest BCUT2D eigenvalue weighted by Gasteiger charge is -2.16. The Morgan fingerprint density at radius 2 is 1.78 bits per heavy atom. The van der Waals surface area contributed by atoms with E-state index in [4.69, 9.17) is 0 Å². The third-order valence-corrected chi connectivity index (χ3v) is 4.02. The fourth-order valence-corrected chi connectivity index (χ4v) is 2.83. The van der Waals surface area contributed by atoms with Gasteiger partial charge in [0.05, 0.1) is 6.10 Å². The van der Waals surface area contributed by atoms with Crippen LogP contribution in [0.25, 0.3) is 0 Å². The van der Waals surface area contributed by atoms with Gasteiger partial charge in [-0.25, -0.2) is 0 Å². The second-order valence-electron chi connectivity index (χ2n) is 5.88. The van der Waals surface area contributed by atoms with Crippen molar-refractivity contribution in [1.82, 2.24) is 0 Å². The molecule has 0 bridgehead atoms. The minimum Gasteiger partial charge on any atom is -0.393 e. The minimum absolute atomic E-state index is 0.0787. The number of hydrogen-bond donors (Lipinski definition) is 1. The van der Waals surface area contributed by atoms with E-state index in [0.29, 0.717) is 0 Å². The SMILES string of the molecule is CCCCCCCCCC(O)CC1=CCCCC1. The van der Waals surface area contributed by atoms with E-state index in [1.54, 1.807) is 0 Å². The Morgan fingerprint density at radius 3 is 2.44 bits per heavy atom. The molecule has 1 rings (SSSR count). The highest BCUT2D eigenvalue weighted by Crippen LogP contribution is 2.23. The highest BCUT2D eigenvalue weighted by molar-refractivity contribution is 5.06. The molecule has 0 radical (unpaired) electrons. The first-order valence-corrected chi connectivity index (χ1v) is 8.19. The number of aliphatic hydroxyl groups is 1. The maximum Gasteiger partial charge on any atom is 0.0577 e. The van der Waals surface area contributed by atoms with Crippen molar-refractivity contribution < 1.29 is 5.11 Å². The summed E-state index contributed by atoms with van der Waals surface area (Å²) in [6.07, 6.45) is 18.7. The molecule has 1 aliphatic rings. The summed E-state index contributed by atoms with van der Waals surface area (Å²) in [6.45, 7) is 2.26. The van der Waals surface area contributed by atoms with Gasteiger partial charge in [0.1, 0.15) is 0 Å². The first kappa shape index (κ1) is 15.8. The largest absolute Gasteiger partial charge is 0.393 e. The topological polar surface area (TPSA) is 20.2 Å². The highest BCUT2D eigenvalue weighted by atomic mass is 16.3. The predicted molar refractivity (Wildman–Crippen MR) is 79.8 cm³/mol. The zero-order valence-electron chi connectivity index (χ0n) is 12.3. The smallest absolute Gasteiger partial charge is 0.0577 e. The quantitative estimate of drug-likeness (QED) is 0.409. The number of aliphatic hydroxyl groups excluding tert-OH is 1. The summed E-state index contributed by atoms with van der Waals surface area (Å²) in [5.74, 6) is 0. The lowest BCUT2D eigenvalue weighted by molar-refractivity contribution is 0.159. The molecule has 1 heteroatoms. The van der Waals surface area contributed by atoms with Crippen LogP contribution in [-0.2, 0) is 0 Å². The lowest BCUT2D eigenvalue weighted by atomic mass is 9.93. The normalized spacial score (nSPS) is 17.6. The summed E-state index contributed by atoms with van der Waals surface area (Å²) in [5, 5.41) is 10.0. The Bertz CT molecular complexity index is 220. The Morgan fingerprint density at radius 1 is 1.06 bits per heavy atom. The molecule has 1 atom stereocenters. The van der Waals surface area contributed by atoms with E-state index in [1.807, 2.05) is 0 Å². The Kier molecular flexibility index (Phi) is 9.28. The van der Waals surface area contributed by atoms with Crippen LogP contribution in [0, 0.1) is 0 Å². The van der Waals surface area contributed by atoms with Crippen LogP contribution >= 0.6 is 0 Å². The Balaban J connectivity index is 1.93. The number of rotatable bonds is 10. The molecule has 0 aromatic carbocycles. The molecule has 1 N–H and O–H groups in total. The van der Waals surface area contributed by atoms with Gasteiger partial charge in [-0.05, 0) is 38.5 Å². The van der Waals surface area contributed by atoms with Crippen LogP contribution in [0.5, 0.6) is 0 Å². The molecule has 1 unspecified atom stereocenters. The third kappa shape index (κ3) is 7.92. The summed E-state index contributed by atoms with van der Waals surface area (Å²) in [7, 11) is 0. The van der Waals surface area contributed by atoms with Gasteiger partial charge in [-0.1, -0.05) is 63.5 Å². The van der Waals surface area contributed by atoms with Gasteiger partial charge in [-0.2, -0.15) is 0 Å². The number of unbranched alkanes of at least 4 members (excludes halogenated alkanes) is 6. The van der Waals surface area contributed by atoms with Gasteiger partial charge in [-0.15, -0.1) is 0 Å². The van der Waals surface area contributed by atoms with Crippen molar-refractivity contribution in [2.45, 2.75) is 96.5 Å². The van der Waals surface area contributed by atoms with Crippen molar-refractivity contribution in [1.29, 1.82) is 0 Å². The van der Waals surface area contributed by atoms with E-state index >= 15 is 0 Å². The summed E-state index contributed by atoms with van der Waals surface area (Å²) in [6, 6.07) is 0. The summed E-state index contributed by atoms with van der Waals surface area (Å²) >= 11 is 0. The van der Waals surface area contributed by atoms with Crippen molar-refractivity contribution >= 4 is 0 Å². The van der Waals surface area contributed by atoms with E-state index in [-0.39, 0.29) is 6.10 Å². The summed E-state index contributed by atoms with van der Waals surface area (Å²) in [4.78, 5) is 0.